The number of amides is 1. The molecular formula is C31H58BrFN4O13. The molecule has 0 atom stereocenters. The largest absolute Gasteiger partial charge is 0.377 e. The summed E-state index contributed by atoms with van der Waals surface area (Å²) in [4.78, 5) is 11.0. The normalized spacial score (nSPS) is 11.5. The van der Waals surface area contributed by atoms with Crippen LogP contribution in [0, 0.1) is 0 Å². The smallest absolute Gasteiger partial charge is 0.230 e. The van der Waals surface area contributed by atoms with Crippen LogP contribution < -0.4 is 5.32 Å². The molecule has 1 rings (SSSR count). The van der Waals surface area contributed by atoms with Gasteiger partial charge in [-0.25, -0.2) is 9.07 Å². The molecule has 0 unspecified atom stereocenters. The second kappa shape index (κ2) is 38.8. The third kappa shape index (κ3) is 33.7. The van der Waals surface area contributed by atoms with Gasteiger partial charge in [0.2, 0.25) is 5.91 Å². The molecule has 1 heterocycles. The van der Waals surface area contributed by atoms with Crippen molar-refractivity contribution in [3.8, 4) is 0 Å². The van der Waals surface area contributed by atoms with Gasteiger partial charge in [0.1, 0.15) is 12.4 Å². The van der Waals surface area contributed by atoms with E-state index in [0.29, 0.717) is 170 Å². The topological polar surface area (TPSA) is 171 Å². The fraction of sp³-hybridized carbons (Fsp3) is 0.903. The molecule has 0 fully saturated rings. The maximum Gasteiger partial charge on any atom is 0.230 e. The maximum absolute atomic E-state index is 11.8. The first-order chi connectivity index (χ1) is 24.8. The van der Waals surface area contributed by atoms with Gasteiger partial charge in [-0.3, -0.25) is 4.79 Å². The van der Waals surface area contributed by atoms with Gasteiger partial charge in [0.15, 0.2) is 0 Å². The van der Waals surface area contributed by atoms with Crippen molar-refractivity contribution < 1.29 is 66.0 Å². The monoisotopic (exact) mass is 791 g/mol. The highest BCUT2D eigenvalue weighted by atomic mass is 79.9. The van der Waals surface area contributed by atoms with Gasteiger partial charge < -0.3 is 62.2 Å². The van der Waals surface area contributed by atoms with E-state index in [2.05, 4.69) is 31.6 Å². The lowest BCUT2D eigenvalue weighted by Crippen LogP contribution is -2.28. The van der Waals surface area contributed by atoms with Gasteiger partial charge in [-0.1, -0.05) is 21.1 Å². The molecular weight excluding hydrogens is 734 g/mol. The van der Waals surface area contributed by atoms with Crippen molar-refractivity contribution in [2.45, 2.75) is 13.2 Å². The number of nitrogens with zero attached hydrogens (tertiary/aromatic N) is 3. The average molecular weight is 793 g/mol. The number of carbonyl (C=O) groups is 1. The van der Waals surface area contributed by atoms with Gasteiger partial charge in [0.25, 0.3) is 0 Å². The number of nitrogens with one attached hydrogen (secondary N) is 1. The van der Waals surface area contributed by atoms with E-state index in [-0.39, 0.29) is 12.5 Å². The molecule has 0 aliphatic rings. The zero-order valence-corrected chi connectivity index (χ0v) is 30.9. The molecule has 0 saturated heterocycles. The van der Waals surface area contributed by atoms with Crippen molar-refractivity contribution in [2.24, 2.45) is 0 Å². The Kier molecular flexibility index (Phi) is 36.1. The zero-order chi connectivity index (χ0) is 35.8. The summed E-state index contributed by atoms with van der Waals surface area (Å²) in [6.07, 6.45) is 1.83. The lowest BCUT2D eigenvalue weighted by atomic mass is 10.5. The first-order valence-electron chi connectivity index (χ1n) is 17.0. The first-order valence-corrected chi connectivity index (χ1v) is 18.1. The molecule has 1 N–H and O–H groups in total. The molecule has 0 saturated carbocycles. The summed E-state index contributed by atoms with van der Waals surface area (Å²) in [5.74, 6) is -0.0620. The number of halogens is 2. The Morgan fingerprint density at radius 1 is 0.560 bits per heavy atom. The van der Waals surface area contributed by atoms with E-state index in [4.69, 9.17) is 56.8 Å². The summed E-state index contributed by atoms with van der Waals surface area (Å²) in [6.45, 7) is 11.3. The molecule has 0 aliphatic carbocycles. The predicted molar refractivity (Wildman–Crippen MR) is 181 cm³/mol. The van der Waals surface area contributed by atoms with E-state index in [1.54, 1.807) is 4.68 Å². The molecule has 0 spiro atoms. The lowest BCUT2D eigenvalue weighted by molar-refractivity contribution is -0.118. The van der Waals surface area contributed by atoms with Crippen molar-refractivity contribution in [1.82, 2.24) is 20.3 Å². The fourth-order valence-electron chi connectivity index (χ4n) is 3.51. The molecule has 0 aromatic carbocycles. The van der Waals surface area contributed by atoms with E-state index < -0.39 is 6.67 Å². The number of hydrogen-bond acceptors (Lipinski definition) is 15. The fourth-order valence-corrected chi connectivity index (χ4v) is 3.71. The molecule has 1 aromatic heterocycles. The number of hydrogen-bond donors (Lipinski definition) is 1. The van der Waals surface area contributed by atoms with Crippen molar-refractivity contribution in [1.29, 1.82) is 0 Å². The predicted octanol–water partition coefficient (Wildman–Crippen LogP) is 0.458. The summed E-state index contributed by atoms with van der Waals surface area (Å²) >= 11 is 3.08. The van der Waals surface area contributed by atoms with Crippen molar-refractivity contribution in [2.75, 3.05) is 171 Å². The minimum absolute atomic E-state index is 0.0620. The zero-order valence-electron chi connectivity index (χ0n) is 29.3. The first kappa shape index (κ1) is 46.6. The minimum Gasteiger partial charge on any atom is -0.377 e. The second-order valence-corrected chi connectivity index (χ2v) is 10.5. The van der Waals surface area contributed by atoms with Crippen LogP contribution in [0.1, 0.15) is 5.69 Å². The molecule has 0 aliphatic heterocycles. The average Bonchev–Trinajstić information content (AvgIpc) is 3.59. The van der Waals surface area contributed by atoms with Crippen LogP contribution in [0.15, 0.2) is 6.20 Å². The Morgan fingerprint density at radius 3 is 1.32 bits per heavy atom. The van der Waals surface area contributed by atoms with Gasteiger partial charge >= 0.3 is 0 Å². The lowest BCUT2D eigenvalue weighted by Gasteiger charge is -2.08. The van der Waals surface area contributed by atoms with Gasteiger partial charge in [-0.15, -0.1) is 5.10 Å². The van der Waals surface area contributed by atoms with Crippen molar-refractivity contribution in [3.63, 3.8) is 0 Å². The quantitative estimate of drug-likeness (QED) is 0.0716. The Bertz CT molecular complexity index is 854. The van der Waals surface area contributed by atoms with Crippen LogP contribution >= 0.6 is 15.9 Å². The Morgan fingerprint density at radius 2 is 0.920 bits per heavy atom. The van der Waals surface area contributed by atoms with Crippen LogP contribution in [-0.4, -0.2) is 191 Å². The van der Waals surface area contributed by atoms with Gasteiger partial charge in [-0.05, 0) is 0 Å². The molecule has 1 amide bonds. The van der Waals surface area contributed by atoms with Crippen molar-refractivity contribution in [3.05, 3.63) is 11.9 Å². The minimum atomic E-state index is -0.482. The van der Waals surface area contributed by atoms with Gasteiger partial charge in [0, 0.05) is 6.54 Å². The summed E-state index contributed by atoms with van der Waals surface area (Å²) < 4.78 is 78.5. The molecule has 17 nitrogen and oxygen atoms in total. The van der Waals surface area contributed by atoms with Crippen LogP contribution in [0.5, 0.6) is 0 Å². The Hall–Kier alpha value is -1.46. The summed E-state index contributed by atoms with van der Waals surface area (Å²) in [6, 6.07) is 0. The molecule has 0 bridgehead atoms. The summed E-state index contributed by atoms with van der Waals surface area (Å²) in [5.41, 5.74) is 0.734. The highest BCUT2D eigenvalue weighted by Gasteiger charge is 2.02. The van der Waals surface area contributed by atoms with Crippen LogP contribution in [0.4, 0.5) is 4.39 Å². The van der Waals surface area contributed by atoms with E-state index in [1.807, 2.05) is 6.20 Å². The van der Waals surface area contributed by atoms with Crippen LogP contribution in [-0.2, 0) is 74.8 Å². The van der Waals surface area contributed by atoms with E-state index in [1.165, 1.54) is 0 Å². The standard InChI is InChI=1S/C31H58BrFN4O13/c32-27-31(38)34-2-5-40-8-11-43-14-17-46-19-20-47-18-15-44-12-9-41-6-3-37-28-30(35-36-37)29-50-26-25-49-24-23-48-22-21-45-16-13-42-10-7-39-4-1-33/h28H,1-27,29H2,(H,34,38)/i33-1. The third-order valence-electron chi connectivity index (χ3n) is 5.93. The number of aromatic nitrogens is 3. The molecule has 1 aromatic rings. The van der Waals surface area contributed by atoms with E-state index in [9.17, 15) is 9.18 Å². The number of rotatable bonds is 41. The summed E-state index contributed by atoms with van der Waals surface area (Å²) in [7, 11) is 0. The third-order valence-corrected chi connectivity index (χ3v) is 6.44. The highest BCUT2D eigenvalue weighted by molar-refractivity contribution is 9.09. The molecule has 50 heavy (non-hydrogen) atoms. The van der Waals surface area contributed by atoms with Crippen molar-refractivity contribution >= 4 is 21.8 Å². The van der Waals surface area contributed by atoms with Crippen LogP contribution in [0.25, 0.3) is 0 Å². The maximum atomic E-state index is 11.8. The Balaban J connectivity index is 1.75. The molecule has 294 valence electrons. The van der Waals surface area contributed by atoms with Gasteiger partial charge in [-0.2, -0.15) is 0 Å². The Labute approximate surface area is 303 Å². The van der Waals surface area contributed by atoms with E-state index in [0.717, 1.165) is 5.69 Å². The number of carbonyl (C=O) groups excluding carboxylic acids is 1. The highest BCUT2D eigenvalue weighted by Crippen LogP contribution is 1.97. The van der Waals surface area contributed by atoms with Gasteiger partial charge in [0.05, 0.1) is 177 Å². The number of alkyl halides is 2. The van der Waals surface area contributed by atoms with E-state index >= 15 is 0 Å². The van der Waals surface area contributed by atoms with Crippen LogP contribution in [0.2, 0.25) is 0 Å². The second-order valence-electron chi connectivity index (χ2n) is 9.93. The molecule has 19 heteroatoms. The number of ether oxygens (including phenoxy) is 12. The SMILES string of the molecule is O=C(CBr)NCCOCCOCCOCCOCCOCCOCCn1cc(COCCOCCOCCOCCOCCOCC[18F])nn1. The summed E-state index contributed by atoms with van der Waals surface area (Å²) in [5, 5.41) is 11.2. The van der Waals surface area contributed by atoms with Crippen LogP contribution in [0.3, 0.4) is 0 Å². The molecule has 0 radical (unpaired) electrons.